The van der Waals surface area contributed by atoms with Crippen LogP contribution in [0, 0.1) is 6.92 Å². The van der Waals surface area contributed by atoms with E-state index in [4.69, 9.17) is 21.1 Å². The molecule has 0 fully saturated rings. The molecule has 0 radical (unpaired) electrons. The van der Waals surface area contributed by atoms with Crippen LogP contribution < -0.4 is 4.74 Å². The lowest BCUT2D eigenvalue weighted by molar-refractivity contribution is 0.0514. The predicted octanol–water partition coefficient (Wildman–Crippen LogP) is 2.62. The van der Waals surface area contributed by atoms with Gasteiger partial charge in [-0.3, -0.25) is 0 Å². The third-order valence-electron chi connectivity index (χ3n) is 1.88. The number of nitrogens with zero attached hydrogens (tertiary/aromatic N) is 1. The molecular weight excluding hydrogens is 230 g/mol. The van der Waals surface area contributed by atoms with Gasteiger partial charge in [0.15, 0.2) is 11.4 Å². The molecule has 0 unspecified atom stereocenters. The van der Waals surface area contributed by atoms with Crippen LogP contribution in [0.5, 0.6) is 5.75 Å². The summed E-state index contributed by atoms with van der Waals surface area (Å²) >= 11 is 5.86. The Hall–Kier alpha value is -1.29. The molecule has 0 aliphatic rings. The summed E-state index contributed by atoms with van der Waals surface area (Å²) in [6.45, 7) is 6.10. The molecule has 1 aromatic heterocycles. The minimum absolute atomic E-state index is 0.124. The number of aryl methyl sites for hydroxylation is 1. The van der Waals surface area contributed by atoms with Crippen molar-refractivity contribution in [1.82, 2.24) is 4.98 Å². The van der Waals surface area contributed by atoms with E-state index in [1.165, 1.54) is 0 Å². The molecule has 0 aliphatic carbocycles. The molecule has 1 aromatic rings. The highest BCUT2D eigenvalue weighted by molar-refractivity contribution is 6.30. The topological polar surface area (TPSA) is 48.4 Å². The molecule has 1 heterocycles. The monoisotopic (exact) mass is 243 g/mol. The second-order valence-corrected chi connectivity index (χ2v) is 3.45. The Balaban J connectivity index is 3.13. The van der Waals surface area contributed by atoms with E-state index in [1.807, 2.05) is 6.92 Å². The number of carbonyl (C=O) groups excluding carboxylic acids is 1. The van der Waals surface area contributed by atoms with Gasteiger partial charge < -0.3 is 9.47 Å². The first-order chi connectivity index (χ1) is 7.60. The average molecular weight is 244 g/mol. The molecule has 4 nitrogen and oxygen atoms in total. The van der Waals surface area contributed by atoms with Crippen molar-refractivity contribution in [3.05, 3.63) is 22.5 Å². The van der Waals surface area contributed by atoms with Crippen LogP contribution in [0.2, 0.25) is 5.15 Å². The molecule has 0 spiro atoms. The lowest BCUT2D eigenvalue weighted by Crippen LogP contribution is -2.11. The Morgan fingerprint density at radius 3 is 2.69 bits per heavy atom. The first-order valence-corrected chi connectivity index (χ1v) is 5.45. The fourth-order valence-corrected chi connectivity index (χ4v) is 1.32. The minimum Gasteiger partial charge on any atom is -0.491 e. The lowest BCUT2D eigenvalue weighted by Gasteiger charge is -2.10. The molecule has 16 heavy (non-hydrogen) atoms. The normalized spacial score (nSPS) is 10.0. The highest BCUT2D eigenvalue weighted by Crippen LogP contribution is 2.24. The van der Waals surface area contributed by atoms with Crippen molar-refractivity contribution >= 4 is 17.6 Å². The van der Waals surface area contributed by atoms with Gasteiger partial charge in [0.25, 0.3) is 0 Å². The van der Waals surface area contributed by atoms with E-state index in [0.717, 1.165) is 5.56 Å². The van der Waals surface area contributed by atoms with Crippen LogP contribution in [-0.4, -0.2) is 24.2 Å². The largest absolute Gasteiger partial charge is 0.491 e. The Morgan fingerprint density at radius 1 is 1.44 bits per heavy atom. The van der Waals surface area contributed by atoms with E-state index in [2.05, 4.69) is 4.98 Å². The molecule has 0 saturated carbocycles. The molecule has 0 atom stereocenters. The smallest absolute Gasteiger partial charge is 0.360 e. The fraction of sp³-hybridized carbons (Fsp3) is 0.455. The molecule has 0 aromatic carbocycles. The predicted molar refractivity (Wildman–Crippen MR) is 61.1 cm³/mol. The standard InChI is InChI=1S/C11H14ClNO3/c1-4-15-8-6-7(3)10(12)13-9(8)11(14)16-5-2/h6H,4-5H2,1-3H3. The molecular formula is C11H14ClNO3. The second kappa shape index (κ2) is 5.70. The number of esters is 1. The number of aromatic nitrogens is 1. The van der Waals surface area contributed by atoms with Crippen LogP contribution in [0.3, 0.4) is 0 Å². The molecule has 0 saturated heterocycles. The van der Waals surface area contributed by atoms with E-state index in [-0.39, 0.29) is 17.5 Å². The van der Waals surface area contributed by atoms with Gasteiger partial charge in [0, 0.05) is 0 Å². The van der Waals surface area contributed by atoms with E-state index in [9.17, 15) is 4.79 Å². The first kappa shape index (κ1) is 12.8. The van der Waals surface area contributed by atoms with Gasteiger partial charge in [-0.15, -0.1) is 0 Å². The summed E-state index contributed by atoms with van der Waals surface area (Å²) in [5.41, 5.74) is 0.887. The van der Waals surface area contributed by atoms with Crippen molar-refractivity contribution in [2.45, 2.75) is 20.8 Å². The maximum atomic E-state index is 11.6. The van der Waals surface area contributed by atoms with Crippen molar-refractivity contribution < 1.29 is 14.3 Å². The number of hydrogen-bond acceptors (Lipinski definition) is 4. The number of ether oxygens (including phenoxy) is 2. The summed E-state index contributed by atoms with van der Waals surface area (Å²) in [6, 6.07) is 1.69. The Morgan fingerprint density at radius 2 is 2.12 bits per heavy atom. The van der Waals surface area contributed by atoms with Crippen LogP contribution in [-0.2, 0) is 4.74 Å². The molecule has 0 amide bonds. The maximum absolute atomic E-state index is 11.6. The molecule has 88 valence electrons. The van der Waals surface area contributed by atoms with Gasteiger partial charge >= 0.3 is 5.97 Å². The van der Waals surface area contributed by atoms with Crippen molar-refractivity contribution in [2.75, 3.05) is 13.2 Å². The fourth-order valence-electron chi connectivity index (χ4n) is 1.18. The quantitative estimate of drug-likeness (QED) is 0.603. The summed E-state index contributed by atoms with van der Waals surface area (Å²) in [6.07, 6.45) is 0. The van der Waals surface area contributed by atoms with Crippen LogP contribution in [0.25, 0.3) is 0 Å². The van der Waals surface area contributed by atoms with E-state index in [1.54, 1.807) is 19.9 Å². The molecule has 0 N–H and O–H groups in total. The number of halogens is 1. The van der Waals surface area contributed by atoms with Gasteiger partial charge in [-0.2, -0.15) is 0 Å². The highest BCUT2D eigenvalue weighted by Gasteiger charge is 2.17. The van der Waals surface area contributed by atoms with Crippen LogP contribution in [0.1, 0.15) is 29.9 Å². The molecule has 1 rings (SSSR count). The van der Waals surface area contributed by atoms with Gasteiger partial charge in [-0.25, -0.2) is 9.78 Å². The van der Waals surface area contributed by atoms with Gasteiger partial charge in [-0.05, 0) is 32.4 Å². The summed E-state index contributed by atoms with van der Waals surface area (Å²) in [7, 11) is 0. The van der Waals surface area contributed by atoms with Gasteiger partial charge in [0.2, 0.25) is 0 Å². The number of hydrogen-bond donors (Lipinski definition) is 0. The minimum atomic E-state index is -0.521. The van der Waals surface area contributed by atoms with E-state index >= 15 is 0 Å². The summed E-state index contributed by atoms with van der Waals surface area (Å²) in [4.78, 5) is 15.6. The van der Waals surface area contributed by atoms with Crippen molar-refractivity contribution in [3.8, 4) is 5.75 Å². The molecule has 5 heteroatoms. The number of carbonyl (C=O) groups is 1. The second-order valence-electron chi connectivity index (χ2n) is 3.10. The van der Waals surface area contributed by atoms with E-state index in [0.29, 0.717) is 12.4 Å². The Labute approximate surface area is 99.5 Å². The van der Waals surface area contributed by atoms with Gasteiger partial charge in [-0.1, -0.05) is 11.6 Å². The van der Waals surface area contributed by atoms with Crippen molar-refractivity contribution in [3.63, 3.8) is 0 Å². The van der Waals surface area contributed by atoms with Crippen LogP contribution >= 0.6 is 11.6 Å². The van der Waals surface area contributed by atoms with Crippen molar-refractivity contribution in [1.29, 1.82) is 0 Å². The third kappa shape index (κ3) is 2.85. The SMILES string of the molecule is CCOC(=O)c1nc(Cl)c(C)cc1OCC. The van der Waals surface area contributed by atoms with Crippen LogP contribution in [0.4, 0.5) is 0 Å². The first-order valence-electron chi connectivity index (χ1n) is 5.07. The van der Waals surface area contributed by atoms with Crippen molar-refractivity contribution in [2.24, 2.45) is 0 Å². The Bertz CT molecular complexity index is 393. The zero-order chi connectivity index (χ0) is 12.1. The third-order valence-corrected chi connectivity index (χ3v) is 2.27. The number of pyridine rings is 1. The zero-order valence-electron chi connectivity index (χ0n) is 9.54. The van der Waals surface area contributed by atoms with E-state index < -0.39 is 5.97 Å². The van der Waals surface area contributed by atoms with Crippen LogP contribution in [0.15, 0.2) is 6.07 Å². The Kier molecular flexibility index (Phi) is 4.55. The molecule has 0 bridgehead atoms. The van der Waals surface area contributed by atoms with Gasteiger partial charge in [0.1, 0.15) is 5.15 Å². The maximum Gasteiger partial charge on any atom is 0.360 e. The summed E-state index contributed by atoms with van der Waals surface area (Å²) in [5.74, 6) is -0.115. The summed E-state index contributed by atoms with van der Waals surface area (Å²) in [5, 5.41) is 0.284. The average Bonchev–Trinajstić information content (AvgIpc) is 2.23. The lowest BCUT2D eigenvalue weighted by atomic mass is 10.2. The molecule has 0 aliphatic heterocycles. The summed E-state index contributed by atoms with van der Waals surface area (Å²) < 4.78 is 10.2. The highest BCUT2D eigenvalue weighted by atomic mass is 35.5. The number of rotatable bonds is 4. The zero-order valence-corrected chi connectivity index (χ0v) is 10.3. The van der Waals surface area contributed by atoms with Gasteiger partial charge in [0.05, 0.1) is 13.2 Å².